The molecule has 0 spiro atoms. The third-order valence-electron chi connectivity index (χ3n) is 8.52. The molecule has 8 rings (SSSR count). The molecular formula is C41H32N4O4. The molecule has 0 aliphatic carbocycles. The number of fused-ring (bicyclic) bond motifs is 4. The standard InChI is InChI=1S/C41H32N4O4/c1-9-29-13-5-21-42-37(29)33(17-1)46-25-41(26-47-34-18-2-10-30-14-6-22-43-38(30)34,27-48-35-19-3-11-31-15-7-23-44-39(31)35)28-49-36-20-4-12-32-16-8-24-45-40(32)36/h1-24H,25-28H2. The molecule has 0 aliphatic heterocycles. The first kappa shape index (κ1) is 30.1. The van der Waals surface area contributed by atoms with E-state index in [1.165, 1.54) is 0 Å². The summed E-state index contributed by atoms with van der Waals surface area (Å²) in [6.07, 6.45) is 7.08. The van der Waals surface area contributed by atoms with Gasteiger partial charge in [-0.2, -0.15) is 0 Å². The van der Waals surface area contributed by atoms with Crippen LogP contribution in [0, 0.1) is 5.41 Å². The summed E-state index contributed by atoms with van der Waals surface area (Å²) in [5.74, 6) is 2.64. The van der Waals surface area contributed by atoms with Crippen molar-refractivity contribution in [3.05, 3.63) is 146 Å². The van der Waals surface area contributed by atoms with Gasteiger partial charge in [-0.05, 0) is 48.5 Å². The Morgan fingerprint density at radius 2 is 0.571 bits per heavy atom. The number of hydrogen-bond acceptors (Lipinski definition) is 8. The molecule has 49 heavy (non-hydrogen) atoms. The van der Waals surface area contributed by atoms with Gasteiger partial charge in [0.2, 0.25) is 0 Å². The third kappa shape index (κ3) is 6.36. The molecule has 0 atom stereocenters. The Morgan fingerprint density at radius 1 is 0.327 bits per heavy atom. The first-order chi connectivity index (χ1) is 24.2. The number of ether oxygens (including phenoxy) is 4. The highest BCUT2D eigenvalue weighted by Crippen LogP contribution is 2.33. The summed E-state index contributed by atoms with van der Waals surface area (Å²) in [5.41, 5.74) is 2.25. The fourth-order valence-electron chi connectivity index (χ4n) is 5.94. The van der Waals surface area contributed by atoms with E-state index in [1.807, 2.05) is 121 Å². The number of aromatic nitrogens is 4. The lowest BCUT2D eigenvalue weighted by atomic mass is 9.91. The van der Waals surface area contributed by atoms with Gasteiger partial charge >= 0.3 is 0 Å². The van der Waals surface area contributed by atoms with E-state index < -0.39 is 5.41 Å². The van der Waals surface area contributed by atoms with Gasteiger partial charge in [-0.15, -0.1) is 0 Å². The minimum Gasteiger partial charge on any atom is -0.490 e. The molecule has 4 aromatic carbocycles. The highest BCUT2D eigenvalue weighted by Gasteiger charge is 2.37. The predicted molar refractivity (Wildman–Crippen MR) is 191 cm³/mol. The van der Waals surface area contributed by atoms with Gasteiger partial charge in [0, 0.05) is 46.3 Å². The van der Waals surface area contributed by atoms with Crippen LogP contribution in [-0.2, 0) is 0 Å². The quantitative estimate of drug-likeness (QED) is 0.131. The van der Waals surface area contributed by atoms with Crippen LogP contribution >= 0.6 is 0 Å². The van der Waals surface area contributed by atoms with Crippen LogP contribution in [0.25, 0.3) is 43.6 Å². The lowest BCUT2D eigenvalue weighted by Gasteiger charge is -2.33. The largest absolute Gasteiger partial charge is 0.490 e. The molecule has 8 aromatic rings. The Kier molecular flexibility index (Phi) is 8.26. The van der Waals surface area contributed by atoms with E-state index >= 15 is 0 Å². The summed E-state index contributed by atoms with van der Waals surface area (Å²) in [4.78, 5) is 18.5. The van der Waals surface area contributed by atoms with Crippen LogP contribution in [0.5, 0.6) is 23.0 Å². The molecule has 0 saturated heterocycles. The second kappa shape index (κ2) is 13.4. The molecule has 0 unspecified atom stereocenters. The monoisotopic (exact) mass is 644 g/mol. The van der Waals surface area contributed by atoms with Crippen molar-refractivity contribution in [1.29, 1.82) is 0 Å². The molecule has 240 valence electrons. The molecular weight excluding hydrogens is 612 g/mol. The van der Waals surface area contributed by atoms with Gasteiger partial charge in [0.05, 0.1) is 0 Å². The number of nitrogens with zero attached hydrogens (tertiary/aromatic N) is 4. The fraction of sp³-hybridized carbons (Fsp3) is 0.122. The van der Waals surface area contributed by atoms with Crippen LogP contribution in [-0.4, -0.2) is 46.4 Å². The molecule has 0 fully saturated rings. The summed E-state index contributed by atoms with van der Waals surface area (Å²) in [5, 5.41) is 3.94. The normalized spacial score (nSPS) is 11.6. The van der Waals surface area contributed by atoms with Crippen LogP contribution < -0.4 is 18.9 Å². The van der Waals surface area contributed by atoms with Gasteiger partial charge in [0.25, 0.3) is 0 Å². The van der Waals surface area contributed by atoms with Gasteiger partial charge in [-0.3, -0.25) is 19.9 Å². The molecule has 4 heterocycles. The van der Waals surface area contributed by atoms with Crippen molar-refractivity contribution >= 4 is 43.6 Å². The molecule has 8 heteroatoms. The summed E-state index contributed by atoms with van der Waals surface area (Å²) in [6.45, 7) is 0.767. The number of para-hydroxylation sites is 4. The van der Waals surface area contributed by atoms with Crippen LogP contribution in [0.2, 0.25) is 0 Å². The maximum atomic E-state index is 6.66. The van der Waals surface area contributed by atoms with Crippen molar-refractivity contribution in [3.63, 3.8) is 0 Å². The van der Waals surface area contributed by atoms with Crippen molar-refractivity contribution in [1.82, 2.24) is 19.9 Å². The Balaban J connectivity index is 1.19. The minimum atomic E-state index is -0.845. The van der Waals surface area contributed by atoms with Gasteiger partial charge in [0.1, 0.15) is 76.9 Å². The second-order valence-electron chi connectivity index (χ2n) is 12.0. The van der Waals surface area contributed by atoms with Crippen molar-refractivity contribution < 1.29 is 18.9 Å². The zero-order chi connectivity index (χ0) is 32.9. The Bertz CT molecular complexity index is 2040. The average Bonchev–Trinajstić information content (AvgIpc) is 3.17. The SMILES string of the molecule is c1cnc2c(OCC(COc3cccc4cccnc34)(COc3cccc4cccnc34)COc3cccc4cccnc34)cccc2c1. The van der Waals surface area contributed by atoms with E-state index in [-0.39, 0.29) is 26.4 Å². The van der Waals surface area contributed by atoms with Gasteiger partial charge in [-0.1, -0.05) is 72.8 Å². The molecule has 0 bridgehead atoms. The number of pyridine rings is 4. The van der Waals surface area contributed by atoms with Crippen molar-refractivity contribution in [3.8, 4) is 23.0 Å². The lowest BCUT2D eigenvalue weighted by molar-refractivity contribution is -0.00218. The summed E-state index contributed by atoms with van der Waals surface area (Å²) < 4.78 is 26.7. The van der Waals surface area contributed by atoms with Gasteiger partial charge < -0.3 is 18.9 Å². The maximum Gasteiger partial charge on any atom is 0.145 e. The lowest BCUT2D eigenvalue weighted by Crippen LogP contribution is -2.45. The minimum absolute atomic E-state index is 0.192. The van der Waals surface area contributed by atoms with Crippen LogP contribution in [0.3, 0.4) is 0 Å². The maximum absolute atomic E-state index is 6.66. The van der Waals surface area contributed by atoms with Crippen molar-refractivity contribution in [2.45, 2.75) is 0 Å². The summed E-state index contributed by atoms with van der Waals surface area (Å²) >= 11 is 0. The molecule has 0 N–H and O–H groups in total. The molecule has 0 radical (unpaired) electrons. The van der Waals surface area contributed by atoms with Crippen LogP contribution in [0.4, 0.5) is 0 Å². The average molecular weight is 645 g/mol. The van der Waals surface area contributed by atoms with Crippen LogP contribution in [0.1, 0.15) is 0 Å². The third-order valence-corrected chi connectivity index (χ3v) is 8.52. The summed E-state index contributed by atoms with van der Waals surface area (Å²) in [6, 6.07) is 39.4. The van der Waals surface area contributed by atoms with Gasteiger partial charge in [0.15, 0.2) is 0 Å². The Labute approximate surface area is 282 Å². The first-order valence-electron chi connectivity index (χ1n) is 16.1. The molecule has 0 aliphatic rings. The van der Waals surface area contributed by atoms with E-state index in [9.17, 15) is 0 Å². The highest BCUT2D eigenvalue weighted by molar-refractivity contribution is 5.86. The smallest absolute Gasteiger partial charge is 0.145 e. The molecule has 0 amide bonds. The van der Waals surface area contributed by atoms with E-state index in [2.05, 4.69) is 19.9 Å². The fourth-order valence-corrected chi connectivity index (χ4v) is 5.94. The molecule has 0 saturated carbocycles. The molecule has 8 nitrogen and oxygen atoms in total. The zero-order valence-electron chi connectivity index (χ0n) is 26.6. The highest BCUT2D eigenvalue weighted by atomic mass is 16.5. The van der Waals surface area contributed by atoms with E-state index in [1.54, 1.807) is 24.8 Å². The second-order valence-corrected chi connectivity index (χ2v) is 12.0. The topological polar surface area (TPSA) is 88.5 Å². The van der Waals surface area contributed by atoms with Crippen LogP contribution in [0.15, 0.2) is 146 Å². The van der Waals surface area contributed by atoms with E-state index in [4.69, 9.17) is 18.9 Å². The molecule has 4 aromatic heterocycles. The predicted octanol–water partition coefficient (Wildman–Crippen LogP) is 8.48. The van der Waals surface area contributed by atoms with Crippen molar-refractivity contribution in [2.24, 2.45) is 5.41 Å². The summed E-state index contributed by atoms with van der Waals surface area (Å²) in [7, 11) is 0. The number of hydrogen-bond donors (Lipinski definition) is 0. The van der Waals surface area contributed by atoms with Crippen molar-refractivity contribution in [2.75, 3.05) is 26.4 Å². The first-order valence-corrected chi connectivity index (χ1v) is 16.1. The Morgan fingerprint density at radius 3 is 0.837 bits per heavy atom. The Hall–Kier alpha value is -6.28. The number of rotatable bonds is 12. The zero-order valence-corrected chi connectivity index (χ0v) is 26.6. The van der Waals surface area contributed by atoms with E-state index in [0.717, 1.165) is 43.6 Å². The number of benzene rings is 4. The van der Waals surface area contributed by atoms with Gasteiger partial charge in [-0.25, -0.2) is 0 Å². The van der Waals surface area contributed by atoms with E-state index in [0.29, 0.717) is 23.0 Å².